The van der Waals surface area contributed by atoms with Gasteiger partial charge in [-0.1, -0.05) is 35.9 Å². The Morgan fingerprint density at radius 1 is 1.09 bits per heavy atom. The monoisotopic (exact) mass is 627 g/mol. The van der Waals surface area contributed by atoms with E-state index in [1.54, 1.807) is 43.5 Å². The van der Waals surface area contributed by atoms with Gasteiger partial charge in [0.2, 0.25) is 5.89 Å². The van der Waals surface area contributed by atoms with Gasteiger partial charge in [0, 0.05) is 31.3 Å². The number of hydrogen-bond donors (Lipinski definition) is 4. The van der Waals surface area contributed by atoms with Crippen molar-refractivity contribution in [2.45, 2.75) is 50.0 Å². The van der Waals surface area contributed by atoms with Crippen molar-refractivity contribution < 1.29 is 40.7 Å². The van der Waals surface area contributed by atoms with E-state index in [-0.39, 0.29) is 24.5 Å². The maximum absolute atomic E-state index is 14.2. The van der Waals surface area contributed by atoms with E-state index in [1.807, 2.05) is 12.1 Å². The predicted octanol–water partition coefficient (Wildman–Crippen LogP) is 5.05. The van der Waals surface area contributed by atoms with Crippen LogP contribution in [0.4, 0.5) is 38.0 Å². The molecule has 1 aromatic carbocycles. The number of hydrogen-bond acceptors (Lipinski definition) is 8. The summed E-state index contributed by atoms with van der Waals surface area (Å²) in [5, 5.41) is 23.3. The molecule has 0 radical (unpaired) electrons. The molecule has 0 amide bonds. The zero-order chi connectivity index (χ0) is 32.1. The average Bonchev–Trinajstić information content (AvgIpc) is 3.61. The number of aromatic nitrogens is 5. The second-order valence-corrected chi connectivity index (χ2v) is 10.2. The van der Waals surface area contributed by atoms with Crippen molar-refractivity contribution in [3.63, 3.8) is 0 Å². The number of aryl methyl sites for hydroxylation is 1. The van der Waals surface area contributed by atoms with Gasteiger partial charge >= 0.3 is 24.1 Å². The minimum absolute atomic E-state index is 0.140. The number of nitrogens with zero attached hydrogens (tertiary/aromatic N) is 4. The van der Waals surface area contributed by atoms with Crippen molar-refractivity contribution in [1.82, 2.24) is 30.3 Å². The predicted molar refractivity (Wildman–Crippen MR) is 143 cm³/mol. The van der Waals surface area contributed by atoms with Crippen LogP contribution in [0, 0.1) is 6.92 Å². The molecule has 1 unspecified atom stereocenters. The number of carboxylic acids is 1. The molecular formula is C27H27F6N7O4. The average molecular weight is 628 g/mol. The number of pyridine rings is 1. The zero-order valence-electron chi connectivity index (χ0n) is 23.0. The highest BCUT2D eigenvalue weighted by Crippen LogP contribution is 2.44. The molecule has 1 saturated heterocycles. The van der Waals surface area contributed by atoms with E-state index in [4.69, 9.17) is 14.3 Å². The first-order valence-corrected chi connectivity index (χ1v) is 13.1. The van der Waals surface area contributed by atoms with Crippen molar-refractivity contribution in [2.24, 2.45) is 0 Å². The molecule has 4 N–H and O–H groups in total. The highest BCUT2D eigenvalue weighted by Gasteiger charge is 2.49. The van der Waals surface area contributed by atoms with Crippen molar-refractivity contribution in [3.05, 3.63) is 88.0 Å². The summed E-state index contributed by atoms with van der Waals surface area (Å²) in [7, 11) is 0. The zero-order valence-corrected chi connectivity index (χ0v) is 23.0. The number of piperidine rings is 1. The Bertz CT molecular complexity index is 1590. The van der Waals surface area contributed by atoms with Gasteiger partial charge < -0.3 is 14.8 Å². The summed E-state index contributed by atoms with van der Waals surface area (Å²) in [6.07, 6.45) is -6.97. The summed E-state index contributed by atoms with van der Waals surface area (Å²) in [6, 6.07) is 12.0. The molecule has 17 heteroatoms. The summed E-state index contributed by atoms with van der Waals surface area (Å²) in [5.41, 5.74) is 0.879. The van der Waals surface area contributed by atoms with E-state index in [9.17, 15) is 31.1 Å². The Hall–Kier alpha value is -4.67. The van der Waals surface area contributed by atoms with Crippen LogP contribution >= 0.6 is 0 Å². The smallest absolute Gasteiger partial charge is 0.475 e. The lowest BCUT2D eigenvalue weighted by Crippen LogP contribution is -2.48. The summed E-state index contributed by atoms with van der Waals surface area (Å²) in [6.45, 7) is 2.06. The Kier molecular flexibility index (Phi) is 9.46. The van der Waals surface area contributed by atoms with Crippen LogP contribution in [0.15, 0.2) is 63.9 Å². The normalized spacial score (nSPS) is 16.1. The van der Waals surface area contributed by atoms with Gasteiger partial charge in [-0.2, -0.15) is 31.4 Å². The minimum Gasteiger partial charge on any atom is -0.475 e. The summed E-state index contributed by atoms with van der Waals surface area (Å²) < 4.78 is 79.8. The number of aromatic amines is 2. The maximum Gasteiger partial charge on any atom is 0.490 e. The van der Waals surface area contributed by atoms with Gasteiger partial charge in [-0.25, -0.2) is 19.7 Å². The molecule has 5 rings (SSSR count). The van der Waals surface area contributed by atoms with E-state index in [1.165, 1.54) is 11.0 Å². The van der Waals surface area contributed by atoms with E-state index < -0.39 is 35.5 Å². The quantitative estimate of drug-likeness (QED) is 0.206. The van der Waals surface area contributed by atoms with Crippen LogP contribution in [-0.2, 0) is 16.6 Å². The number of H-pyrrole nitrogens is 2. The van der Waals surface area contributed by atoms with Gasteiger partial charge in [0.25, 0.3) is 0 Å². The first-order valence-electron chi connectivity index (χ1n) is 13.1. The largest absolute Gasteiger partial charge is 0.490 e. The fourth-order valence-corrected chi connectivity index (χ4v) is 5.04. The molecule has 1 fully saturated rings. The number of nitrogens with one attached hydrogen (secondary N) is 3. The third-order valence-corrected chi connectivity index (χ3v) is 7.01. The van der Waals surface area contributed by atoms with Crippen molar-refractivity contribution in [3.8, 4) is 0 Å². The number of carboxylic acid groups (broad SMARTS) is 1. The topological polar surface area (TPSA) is 153 Å². The molecule has 4 heterocycles. The minimum atomic E-state index is -5.08. The standard InChI is InChI=1S/C25H26F3N7O2.C2HF3O2/c1-16-4-2-5-17(14-16)21(25(26,27)28)35-12-9-24(10-13-35,22-33-34-23(36)37-22)15-18-6-3-7-19(30-18)31-20-8-11-29-32-20;3-2(4,5)1(6)7/h2-8,11,14,21H,9-10,12-13,15H2,1H3,(H,34,36)(H2,29,30,31,32);(H,6,7). The maximum atomic E-state index is 14.2. The summed E-state index contributed by atoms with van der Waals surface area (Å²) in [5.74, 6) is -2.03. The van der Waals surface area contributed by atoms with Crippen molar-refractivity contribution >= 4 is 17.6 Å². The SMILES string of the molecule is Cc1cccc(C(N2CCC(Cc3cccc(Nc4ccn[nH]4)n3)(c3n[nH]c(=O)o3)CC2)C(F)(F)F)c1.O=C(O)C(F)(F)F. The highest BCUT2D eigenvalue weighted by molar-refractivity contribution is 5.73. The first-order chi connectivity index (χ1) is 20.7. The van der Waals surface area contributed by atoms with Crippen LogP contribution in [0.5, 0.6) is 0 Å². The molecule has 1 atom stereocenters. The van der Waals surface area contributed by atoms with Crippen LogP contribution in [0.25, 0.3) is 0 Å². The molecule has 11 nitrogen and oxygen atoms in total. The molecule has 4 aromatic rings. The van der Waals surface area contributed by atoms with Crippen molar-refractivity contribution in [1.29, 1.82) is 0 Å². The Labute approximate surface area is 245 Å². The molecule has 44 heavy (non-hydrogen) atoms. The lowest BCUT2D eigenvalue weighted by atomic mass is 9.74. The van der Waals surface area contributed by atoms with Gasteiger partial charge in [-0.05, 0) is 37.5 Å². The highest BCUT2D eigenvalue weighted by atomic mass is 19.4. The summed E-state index contributed by atoms with van der Waals surface area (Å²) >= 11 is 0. The molecule has 0 bridgehead atoms. The molecule has 1 aliphatic heterocycles. The fraction of sp³-hybridized carbons (Fsp3) is 0.370. The molecule has 0 saturated carbocycles. The van der Waals surface area contributed by atoms with E-state index in [0.29, 0.717) is 36.6 Å². The van der Waals surface area contributed by atoms with E-state index in [2.05, 4.69) is 30.7 Å². The van der Waals surface area contributed by atoms with Crippen molar-refractivity contribution in [2.75, 3.05) is 18.4 Å². The van der Waals surface area contributed by atoms with E-state index in [0.717, 1.165) is 5.56 Å². The lowest BCUT2D eigenvalue weighted by Gasteiger charge is -2.43. The van der Waals surface area contributed by atoms with Gasteiger partial charge in [0.05, 0.1) is 11.6 Å². The number of anilines is 2. The lowest BCUT2D eigenvalue weighted by molar-refractivity contribution is -0.192. The first kappa shape index (κ1) is 32.2. The van der Waals surface area contributed by atoms with Crippen LogP contribution in [0.2, 0.25) is 0 Å². The number of alkyl halides is 6. The molecule has 0 aliphatic carbocycles. The number of likely N-dealkylation sites (tertiary alicyclic amines) is 1. The van der Waals surface area contributed by atoms with Gasteiger partial charge in [-0.3, -0.25) is 10.00 Å². The third kappa shape index (κ3) is 8.03. The molecule has 236 valence electrons. The Morgan fingerprint density at radius 2 is 1.77 bits per heavy atom. The second-order valence-electron chi connectivity index (χ2n) is 10.2. The van der Waals surface area contributed by atoms with Crippen LogP contribution in [-0.4, -0.2) is 66.8 Å². The number of aliphatic carboxylic acids is 1. The van der Waals surface area contributed by atoms with Gasteiger partial charge in [0.1, 0.15) is 17.7 Å². The van der Waals surface area contributed by atoms with Gasteiger partial charge in [-0.15, -0.1) is 5.10 Å². The third-order valence-electron chi connectivity index (χ3n) is 7.01. The molecule has 1 aliphatic rings. The molecular weight excluding hydrogens is 600 g/mol. The fourth-order valence-electron chi connectivity index (χ4n) is 5.04. The number of halogens is 6. The number of rotatable bonds is 7. The van der Waals surface area contributed by atoms with E-state index >= 15 is 0 Å². The second kappa shape index (κ2) is 12.9. The molecule has 0 spiro atoms. The van der Waals surface area contributed by atoms with Gasteiger partial charge in [0.15, 0.2) is 0 Å². The Morgan fingerprint density at radius 3 is 2.32 bits per heavy atom. The molecule has 3 aromatic heterocycles. The number of benzene rings is 1. The van der Waals surface area contributed by atoms with Crippen LogP contribution < -0.4 is 11.1 Å². The summed E-state index contributed by atoms with van der Waals surface area (Å²) in [4.78, 5) is 26.8. The number of carbonyl (C=O) groups is 1. The van der Waals surface area contributed by atoms with Crippen LogP contribution in [0.3, 0.4) is 0 Å². The van der Waals surface area contributed by atoms with Crippen LogP contribution in [0.1, 0.15) is 41.6 Å². The Balaban J connectivity index is 0.000000566.